The lowest BCUT2D eigenvalue weighted by atomic mass is 10.1. The van der Waals surface area contributed by atoms with Crippen LogP contribution < -0.4 is 20.9 Å². The molecule has 3 N–H and O–H groups in total. The van der Waals surface area contributed by atoms with E-state index in [1.54, 1.807) is 24.3 Å². The summed E-state index contributed by atoms with van der Waals surface area (Å²) < 4.78 is 14.8. The van der Waals surface area contributed by atoms with Crippen LogP contribution in [0.5, 0.6) is 0 Å². The number of piperidine rings is 1. The molecule has 4 rings (SSSR count). The van der Waals surface area contributed by atoms with Gasteiger partial charge in [-0.25, -0.2) is 9.37 Å². The molecule has 0 aliphatic carbocycles. The van der Waals surface area contributed by atoms with Crippen molar-refractivity contribution in [3.63, 3.8) is 0 Å². The van der Waals surface area contributed by atoms with Gasteiger partial charge in [-0.1, -0.05) is 23.2 Å². The summed E-state index contributed by atoms with van der Waals surface area (Å²) in [7, 11) is 0. The van der Waals surface area contributed by atoms with E-state index in [0.717, 1.165) is 32.4 Å². The molecule has 182 valence electrons. The monoisotopic (exact) mass is 515 g/mol. The highest BCUT2D eigenvalue weighted by atomic mass is 35.5. The average Bonchev–Trinajstić information content (AvgIpc) is 2.84. The predicted octanol–water partition coefficient (Wildman–Crippen LogP) is 5.39. The summed E-state index contributed by atoms with van der Waals surface area (Å²) >= 11 is 12.7. The van der Waals surface area contributed by atoms with E-state index >= 15 is 0 Å². The van der Waals surface area contributed by atoms with Crippen LogP contribution in [-0.4, -0.2) is 36.4 Å². The number of amides is 2. The molecule has 1 aromatic heterocycles. The highest BCUT2D eigenvalue weighted by molar-refractivity contribution is 6.35. The minimum absolute atomic E-state index is 0.242. The van der Waals surface area contributed by atoms with Crippen LogP contribution in [0.3, 0.4) is 0 Å². The fourth-order valence-corrected chi connectivity index (χ4v) is 4.49. The molecular weight excluding hydrogens is 492 g/mol. The quantitative estimate of drug-likeness (QED) is 0.439. The number of anilines is 4. The fourth-order valence-electron chi connectivity index (χ4n) is 4.05. The average molecular weight is 516 g/mol. The topological polar surface area (TPSA) is 91.6 Å². The molecule has 1 aliphatic rings. The number of primary amides is 1. The number of aromatic nitrogens is 1. The molecule has 0 bridgehead atoms. The van der Waals surface area contributed by atoms with Crippen LogP contribution in [0.4, 0.5) is 27.3 Å². The van der Waals surface area contributed by atoms with Crippen LogP contribution in [0.2, 0.25) is 10.0 Å². The lowest BCUT2D eigenvalue weighted by molar-refractivity contribution is -0.116. The van der Waals surface area contributed by atoms with E-state index in [2.05, 4.69) is 10.3 Å². The second-order valence-corrected chi connectivity index (χ2v) is 9.01. The molecule has 0 saturated carbocycles. The number of hydrogen-bond acceptors (Lipinski definition) is 5. The minimum atomic E-state index is -0.637. The van der Waals surface area contributed by atoms with Gasteiger partial charge in [-0.2, -0.15) is 0 Å². The molecule has 3 aromatic rings. The Labute approximate surface area is 212 Å². The molecule has 0 spiro atoms. The number of pyridine rings is 1. The molecule has 0 radical (unpaired) electrons. The van der Waals surface area contributed by atoms with E-state index in [-0.39, 0.29) is 33.8 Å². The van der Waals surface area contributed by atoms with Gasteiger partial charge < -0.3 is 20.9 Å². The Morgan fingerprint density at radius 1 is 1.06 bits per heavy atom. The molecule has 7 nitrogen and oxygen atoms in total. The first-order valence-electron chi connectivity index (χ1n) is 11.2. The van der Waals surface area contributed by atoms with Crippen LogP contribution in [0.1, 0.15) is 29.6 Å². The Balaban J connectivity index is 1.59. The maximum Gasteiger partial charge on any atom is 0.255 e. The van der Waals surface area contributed by atoms with Gasteiger partial charge >= 0.3 is 0 Å². The Hall–Kier alpha value is -3.36. The fraction of sp³-hybridized carbons (Fsp3) is 0.240. The van der Waals surface area contributed by atoms with E-state index in [4.69, 9.17) is 28.9 Å². The molecule has 2 amide bonds. The van der Waals surface area contributed by atoms with Crippen molar-refractivity contribution in [2.24, 2.45) is 5.73 Å². The minimum Gasteiger partial charge on any atom is -0.369 e. The Morgan fingerprint density at radius 3 is 2.51 bits per heavy atom. The number of benzene rings is 2. The molecule has 10 heteroatoms. The smallest absolute Gasteiger partial charge is 0.255 e. The van der Waals surface area contributed by atoms with Gasteiger partial charge in [0, 0.05) is 30.5 Å². The lowest BCUT2D eigenvalue weighted by Gasteiger charge is -2.29. The summed E-state index contributed by atoms with van der Waals surface area (Å²) in [6.07, 6.45) is 4.74. The summed E-state index contributed by atoms with van der Waals surface area (Å²) in [5.74, 6) is -1.23. The number of carbonyl (C=O) groups excluding carboxylic acids is 2. The summed E-state index contributed by atoms with van der Waals surface area (Å²) in [6, 6.07) is 12.5. The van der Waals surface area contributed by atoms with Crippen molar-refractivity contribution in [2.45, 2.75) is 19.3 Å². The van der Waals surface area contributed by atoms with Gasteiger partial charge in [-0.3, -0.25) is 9.59 Å². The van der Waals surface area contributed by atoms with Crippen molar-refractivity contribution in [3.05, 3.63) is 76.2 Å². The lowest BCUT2D eigenvalue weighted by Crippen LogP contribution is -2.31. The summed E-state index contributed by atoms with van der Waals surface area (Å²) in [5, 5.41) is 3.26. The van der Waals surface area contributed by atoms with Gasteiger partial charge in [0.25, 0.3) is 5.91 Å². The van der Waals surface area contributed by atoms with Gasteiger partial charge in [0.2, 0.25) is 5.91 Å². The number of nitrogens with zero attached hydrogens (tertiary/aromatic N) is 3. The summed E-state index contributed by atoms with van der Waals surface area (Å²) in [4.78, 5) is 32.4. The maximum absolute atomic E-state index is 14.8. The molecule has 1 saturated heterocycles. The van der Waals surface area contributed by atoms with E-state index in [9.17, 15) is 14.0 Å². The van der Waals surface area contributed by atoms with Gasteiger partial charge in [0.05, 0.1) is 21.4 Å². The number of hydrogen-bond donors (Lipinski definition) is 2. The Kier molecular flexibility index (Phi) is 7.73. The molecule has 0 atom stereocenters. The zero-order chi connectivity index (χ0) is 24.9. The molecular formula is C25H24Cl2FN5O2. The van der Waals surface area contributed by atoms with Crippen LogP contribution >= 0.6 is 23.2 Å². The van der Waals surface area contributed by atoms with Crippen LogP contribution in [-0.2, 0) is 4.79 Å². The number of rotatable bonds is 7. The SMILES string of the molecule is NC(=O)CN(c1cc(C(=O)Nc2ccc(N3CCCCC3)c(F)c2)ccc1Cl)c1ncccc1Cl. The molecule has 1 fully saturated rings. The standard InChI is InChI=1S/C25H24Cl2FN5O2/c26-18-8-6-16(13-22(18)33(15-23(29)34)24-19(27)5-4-10-30-24)25(35)31-17-7-9-21(20(28)14-17)32-11-2-1-3-12-32/h4-10,13-14H,1-3,11-12,15H2,(H2,29,34)(H,31,35). The Morgan fingerprint density at radius 2 is 1.83 bits per heavy atom. The molecule has 0 unspecified atom stereocenters. The van der Waals surface area contributed by atoms with E-state index in [1.807, 2.05) is 4.90 Å². The zero-order valence-corrected chi connectivity index (χ0v) is 20.3. The van der Waals surface area contributed by atoms with E-state index in [0.29, 0.717) is 17.1 Å². The zero-order valence-electron chi connectivity index (χ0n) is 18.8. The van der Waals surface area contributed by atoms with Crippen molar-refractivity contribution in [1.29, 1.82) is 0 Å². The molecule has 2 aromatic carbocycles. The predicted molar refractivity (Wildman–Crippen MR) is 137 cm³/mol. The molecule has 2 heterocycles. The number of carbonyl (C=O) groups is 2. The van der Waals surface area contributed by atoms with E-state index < -0.39 is 11.8 Å². The van der Waals surface area contributed by atoms with Gasteiger partial charge in [-0.15, -0.1) is 0 Å². The van der Waals surface area contributed by atoms with Crippen molar-refractivity contribution in [1.82, 2.24) is 4.98 Å². The Bertz CT molecular complexity index is 1250. The summed E-state index contributed by atoms with van der Waals surface area (Å²) in [5.41, 5.74) is 6.86. The van der Waals surface area contributed by atoms with Crippen LogP contribution in [0.15, 0.2) is 54.7 Å². The first kappa shape index (κ1) is 24.8. The summed E-state index contributed by atoms with van der Waals surface area (Å²) in [6.45, 7) is 1.38. The normalized spacial score (nSPS) is 13.4. The second-order valence-electron chi connectivity index (χ2n) is 8.20. The third-order valence-electron chi connectivity index (χ3n) is 5.71. The van der Waals surface area contributed by atoms with Crippen molar-refractivity contribution in [3.8, 4) is 0 Å². The first-order chi connectivity index (χ1) is 16.8. The second kappa shape index (κ2) is 10.9. The molecule has 35 heavy (non-hydrogen) atoms. The van der Waals surface area contributed by atoms with Gasteiger partial charge in [-0.05, 0) is 67.8 Å². The largest absolute Gasteiger partial charge is 0.369 e. The van der Waals surface area contributed by atoms with Crippen LogP contribution in [0, 0.1) is 5.82 Å². The first-order valence-corrected chi connectivity index (χ1v) is 11.9. The molecule has 1 aliphatic heterocycles. The third kappa shape index (κ3) is 5.83. The van der Waals surface area contributed by atoms with Crippen LogP contribution in [0.25, 0.3) is 0 Å². The highest BCUT2D eigenvalue weighted by Gasteiger charge is 2.21. The maximum atomic E-state index is 14.8. The van der Waals surface area contributed by atoms with Gasteiger partial charge in [0.1, 0.15) is 12.4 Å². The number of nitrogens with two attached hydrogens (primary N) is 1. The highest BCUT2D eigenvalue weighted by Crippen LogP contribution is 2.35. The number of halogens is 3. The van der Waals surface area contributed by atoms with Gasteiger partial charge in [0.15, 0.2) is 5.82 Å². The number of nitrogens with one attached hydrogen (secondary N) is 1. The third-order valence-corrected chi connectivity index (χ3v) is 6.32. The van der Waals surface area contributed by atoms with E-state index in [1.165, 1.54) is 35.4 Å². The van der Waals surface area contributed by atoms with Crippen molar-refractivity contribution < 1.29 is 14.0 Å². The van der Waals surface area contributed by atoms with Crippen molar-refractivity contribution >= 4 is 57.9 Å². The van der Waals surface area contributed by atoms with Crippen molar-refractivity contribution in [2.75, 3.05) is 34.8 Å².